The molecule has 134 valence electrons. The van der Waals surface area contributed by atoms with Gasteiger partial charge in [0, 0.05) is 12.7 Å². The molecule has 0 aliphatic heterocycles. The number of nitrogens with zero attached hydrogens (tertiary/aromatic N) is 1. The van der Waals surface area contributed by atoms with Crippen molar-refractivity contribution in [1.82, 2.24) is 9.88 Å². The molecule has 1 aromatic heterocycles. The molecule has 5 heteroatoms. The first-order valence-corrected chi connectivity index (χ1v) is 9.21. The molecule has 5 nitrogen and oxygen atoms in total. The summed E-state index contributed by atoms with van der Waals surface area (Å²) in [5.41, 5.74) is 1.68. The molecular formula is C20H26N2O3. The third-order valence-corrected chi connectivity index (χ3v) is 6.36. The van der Waals surface area contributed by atoms with Crippen LogP contribution in [0.1, 0.15) is 48.9 Å². The van der Waals surface area contributed by atoms with Crippen molar-refractivity contribution in [2.24, 2.45) is 11.3 Å². The summed E-state index contributed by atoms with van der Waals surface area (Å²) in [6.45, 7) is 0.585. The van der Waals surface area contributed by atoms with Gasteiger partial charge in [0.1, 0.15) is 12.5 Å². The van der Waals surface area contributed by atoms with Crippen LogP contribution in [-0.2, 0) is 6.73 Å². The van der Waals surface area contributed by atoms with E-state index >= 15 is 0 Å². The Balaban J connectivity index is 1.59. The number of aliphatic hydroxyl groups is 1. The molecule has 3 saturated carbocycles. The number of hydrogen-bond acceptors (Lipinski definition) is 3. The smallest absolute Gasteiger partial charge is 0.253 e. The Morgan fingerprint density at radius 1 is 1.32 bits per heavy atom. The van der Waals surface area contributed by atoms with Crippen LogP contribution in [0.5, 0.6) is 5.75 Å². The normalized spacial score (nSPS) is 25.3. The van der Waals surface area contributed by atoms with Crippen molar-refractivity contribution in [1.29, 1.82) is 0 Å². The van der Waals surface area contributed by atoms with Crippen LogP contribution < -0.4 is 10.1 Å². The Bertz CT molecular complexity index is 774. The van der Waals surface area contributed by atoms with E-state index < -0.39 is 0 Å². The maximum absolute atomic E-state index is 12.9. The molecular weight excluding hydrogens is 316 g/mol. The highest BCUT2D eigenvalue weighted by Gasteiger charge is 2.40. The highest BCUT2D eigenvalue weighted by atomic mass is 16.5. The number of hydrogen-bond donors (Lipinski definition) is 2. The number of carbonyl (C=O) groups is 1. The summed E-state index contributed by atoms with van der Waals surface area (Å²) in [6, 6.07) is 5.61. The number of rotatable bonds is 5. The average molecular weight is 342 g/mol. The molecule has 0 unspecified atom stereocenters. The zero-order valence-corrected chi connectivity index (χ0v) is 14.8. The van der Waals surface area contributed by atoms with Crippen molar-refractivity contribution in [3.63, 3.8) is 0 Å². The van der Waals surface area contributed by atoms with E-state index in [9.17, 15) is 9.90 Å². The molecule has 1 heterocycles. The lowest BCUT2D eigenvalue weighted by Gasteiger charge is -2.46. The fourth-order valence-electron chi connectivity index (χ4n) is 4.75. The van der Waals surface area contributed by atoms with E-state index in [1.165, 1.54) is 38.5 Å². The molecule has 1 aromatic carbocycles. The molecule has 0 saturated heterocycles. The minimum atomic E-state index is -0.164. The van der Waals surface area contributed by atoms with Gasteiger partial charge >= 0.3 is 0 Å². The summed E-state index contributed by atoms with van der Waals surface area (Å²) in [5.74, 6) is 1.50. The second kappa shape index (κ2) is 6.37. The van der Waals surface area contributed by atoms with Crippen LogP contribution in [-0.4, -0.2) is 29.2 Å². The van der Waals surface area contributed by atoms with E-state index in [1.54, 1.807) is 17.9 Å². The molecule has 2 N–H and O–H groups in total. The van der Waals surface area contributed by atoms with Crippen molar-refractivity contribution in [2.45, 2.75) is 45.3 Å². The highest BCUT2D eigenvalue weighted by molar-refractivity contribution is 6.09. The molecule has 5 rings (SSSR count). The van der Waals surface area contributed by atoms with Gasteiger partial charge in [0.2, 0.25) is 0 Å². The number of benzene rings is 1. The second-order valence-corrected chi connectivity index (χ2v) is 7.67. The summed E-state index contributed by atoms with van der Waals surface area (Å²) in [7, 11) is 1.60. The number of methoxy groups -OCH3 is 1. The van der Waals surface area contributed by atoms with Crippen molar-refractivity contribution >= 4 is 16.8 Å². The van der Waals surface area contributed by atoms with Gasteiger partial charge in [-0.2, -0.15) is 0 Å². The predicted molar refractivity (Wildman–Crippen MR) is 96.7 cm³/mol. The number of aliphatic hydroxyl groups excluding tert-OH is 1. The Morgan fingerprint density at radius 3 is 2.68 bits per heavy atom. The molecule has 0 atom stereocenters. The molecule has 2 bridgehead atoms. The van der Waals surface area contributed by atoms with Gasteiger partial charge < -0.3 is 19.7 Å². The number of ether oxygens (including phenoxy) is 1. The fraction of sp³-hybridized carbons (Fsp3) is 0.550. The van der Waals surface area contributed by atoms with E-state index in [1.807, 2.05) is 18.2 Å². The monoisotopic (exact) mass is 342 g/mol. The highest BCUT2D eigenvalue weighted by Crippen LogP contribution is 2.49. The second-order valence-electron chi connectivity index (χ2n) is 7.67. The van der Waals surface area contributed by atoms with Crippen molar-refractivity contribution < 1.29 is 14.6 Å². The minimum Gasteiger partial charge on any atom is -0.496 e. The molecule has 2 aromatic rings. The summed E-state index contributed by atoms with van der Waals surface area (Å²) < 4.78 is 7.12. The standard InChI is InChI=1S/C20H26N2O3/c1-25-17-4-2-3-16-18(17)15(11-22(16)13-23)19(24)21-12-20-8-5-14(6-9-20)7-10-20/h2-4,11,14,23H,5-10,12-13H2,1H3,(H,21,24). The number of carbonyl (C=O) groups excluding carboxylic acids is 1. The number of nitrogens with one attached hydrogen (secondary N) is 1. The zero-order valence-electron chi connectivity index (χ0n) is 14.8. The summed E-state index contributed by atoms with van der Waals surface area (Å²) >= 11 is 0. The fourth-order valence-corrected chi connectivity index (χ4v) is 4.75. The largest absolute Gasteiger partial charge is 0.496 e. The van der Waals surface area contributed by atoms with Crippen LogP contribution in [0.25, 0.3) is 10.9 Å². The average Bonchev–Trinajstić information content (AvgIpc) is 3.06. The first-order chi connectivity index (χ1) is 12.2. The van der Waals surface area contributed by atoms with Gasteiger partial charge in [0.05, 0.1) is 23.6 Å². The Kier molecular flexibility index (Phi) is 4.20. The maximum Gasteiger partial charge on any atom is 0.253 e. The summed E-state index contributed by atoms with van der Waals surface area (Å²) in [6.07, 6.45) is 9.37. The number of amides is 1. The Hall–Kier alpha value is -2.01. The lowest BCUT2D eigenvalue weighted by Crippen LogP contribution is -2.43. The van der Waals surface area contributed by atoms with Gasteiger partial charge in [-0.1, -0.05) is 6.07 Å². The molecule has 3 aliphatic carbocycles. The van der Waals surface area contributed by atoms with E-state index in [-0.39, 0.29) is 12.6 Å². The van der Waals surface area contributed by atoms with E-state index in [4.69, 9.17) is 4.74 Å². The molecule has 1 amide bonds. The lowest BCUT2D eigenvalue weighted by molar-refractivity contribution is 0.0597. The van der Waals surface area contributed by atoms with Crippen LogP contribution in [0, 0.1) is 11.3 Å². The van der Waals surface area contributed by atoms with Crippen LogP contribution in [0.4, 0.5) is 0 Å². The first kappa shape index (κ1) is 16.5. The SMILES string of the molecule is COc1cccc2c1c(C(=O)NCC13CCC(CC1)CC3)cn2CO. The zero-order chi connectivity index (χ0) is 17.4. The molecule has 0 spiro atoms. The number of fused-ring (bicyclic) bond motifs is 4. The van der Waals surface area contributed by atoms with Crippen LogP contribution >= 0.6 is 0 Å². The van der Waals surface area contributed by atoms with Gasteiger partial charge in [-0.15, -0.1) is 0 Å². The molecule has 3 aliphatic rings. The number of aromatic nitrogens is 1. The molecule has 3 fully saturated rings. The summed E-state index contributed by atoms with van der Waals surface area (Å²) in [5, 5.41) is 13.5. The lowest BCUT2D eigenvalue weighted by atomic mass is 9.61. The van der Waals surface area contributed by atoms with Gasteiger partial charge in [-0.25, -0.2) is 0 Å². The van der Waals surface area contributed by atoms with Crippen LogP contribution in [0.3, 0.4) is 0 Å². The maximum atomic E-state index is 12.9. The predicted octanol–water partition coefficient (Wildman–Crippen LogP) is 3.30. The van der Waals surface area contributed by atoms with Gasteiger partial charge in [0.15, 0.2) is 0 Å². The third kappa shape index (κ3) is 2.80. The van der Waals surface area contributed by atoms with Crippen LogP contribution in [0.15, 0.2) is 24.4 Å². The van der Waals surface area contributed by atoms with Crippen molar-refractivity contribution in [3.8, 4) is 5.75 Å². The molecule has 25 heavy (non-hydrogen) atoms. The van der Waals surface area contributed by atoms with Gasteiger partial charge in [-0.3, -0.25) is 4.79 Å². The topological polar surface area (TPSA) is 63.5 Å². The quantitative estimate of drug-likeness (QED) is 0.876. The first-order valence-electron chi connectivity index (χ1n) is 9.21. The van der Waals surface area contributed by atoms with E-state index in [0.717, 1.165) is 23.4 Å². The van der Waals surface area contributed by atoms with Gasteiger partial charge in [-0.05, 0) is 62.0 Å². The van der Waals surface area contributed by atoms with E-state index in [0.29, 0.717) is 16.7 Å². The van der Waals surface area contributed by atoms with Crippen molar-refractivity contribution in [3.05, 3.63) is 30.0 Å². The summed E-state index contributed by atoms with van der Waals surface area (Å²) in [4.78, 5) is 12.9. The Morgan fingerprint density at radius 2 is 2.04 bits per heavy atom. The van der Waals surface area contributed by atoms with Crippen molar-refractivity contribution in [2.75, 3.05) is 13.7 Å². The van der Waals surface area contributed by atoms with E-state index in [2.05, 4.69) is 5.32 Å². The van der Waals surface area contributed by atoms with Crippen LogP contribution in [0.2, 0.25) is 0 Å². The Labute approximate surface area is 148 Å². The third-order valence-electron chi connectivity index (χ3n) is 6.36. The minimum absolute atomic E-state index is 0.0798. The molecule has 0 radical (unpaired) electrons. The van der Waals surface area contributed by atoms with Gasteiger partial charge in [0.25, 0.3) is 5.91 Å².